The van der Waals surface area contributed by atoms with Crippen LogP contribution in [0, 0.1) is 0 Å². The van der Waals surface area contributed by atoms with Gasteiger partial charge in [0.1, 0.15) is 11.5 Å². The Kier molecular flexibility index (Phi) is 5.38. The molecule has 38 heavy (non-hydrogen) atoms. The maximum Gasteiger partial charge on any atom is 0.336 e. The highest BCUT2D eigenvalue weighted by atomic mass is 32.1. The summed E-state index contributed by atoms with van der Waals surface area (Å²) in [5.41, 5.74) is 5.12. The monoisotopic (exact) mass is 536 g/mol. The molecule has 2 aliphatic rings. The quantitative estimate of drug-likeness (QED) is 0.336. The Bertz CT molecular complexity index is 1940. The van der Waals surface area contributed by atoms with Crippen LogP contribution in [0.15, 0.2) is 98.0 Å². The first kappa shape index (κ1) is 22.9. The third-order valence-electron chi connectivity index (χ3n) is 7.01. The molecule has 186 valence electrons. The molecule has 0 fully saturated rings. The molecular weight excluding hydrogens is 516 g/mol. The number of hydrogen-bond donors (Lipinski definition) is 1. The van der Waals surface area contributed by atoms with Crippen molar-refractivity contribution in [3.8, 4) is 11.3 Å². The molecule has 0 radical (unpaired) electrons. The normalized spacial score (nSPS) is 16.5. The molecule has 0 saturated heterocycles. The Balaban J connectivity index is 1.38. The van der Waals surface area contributed by atoms with E-state index in [2.05, 4.69) is 24.3 Å². The van der Waals surface area contributed by atoms with Crippen molar-refractivity contribution in [1.29, 1.82) is 0 Å². The Morgan fingerprint density at radius 1 is 1.00 bits per heavy atom. The summed E-state index contributed by atoms with van der Waals surface area (Å²) in [5, 5.41) is 11.6. The van der Waals surface area contributed by atoms with Crippen molar-refractivity contribution in [3.05, 3.63) is 131 Å². The second kappa shape index (κ2) is 8.93. The Morgan fingerprint density at radius 2 is 1.82 bits per heavy atom. The van der Waals surface area contributed by atoms with Crippen LogP contribution in [0.3, 0.4) is 0 Å². The number of carboxylic acid groups (broad SMARTS) is 1. The molecule has 3 aromatic heterocycles. The van der Waals surface area contributed by atoms with Gasteiger partial charge in [-0.15, -0.1) is 11.3 Å². The highest BCUT2D eigenvalue weighted by Gasteiger charge is 2.33. The number of benzene rings is 2. The van der Waals surface area contributed by atoms with Gasteiger partial charge >= 0.3 is 5.97 Å². The van der Waals surface area contributed by atoms with E-state index in [0.29, 0.717) is 26.4 Å². The molecular formula is C30H20N2O4S2. The highest BCUT2D eigenvalue weighted by Crippen LogP contribution is 2.42. The predicted molar refractivity (Wildman–Crippen MR) is 148 cm³/mol. The molecule has 6 nitrogen and oxygen atoms in total. The minimum absolute atomic E-state index is 0.110. The average Bonchev–Trinajstić information content (AvgIpc) is 3.69. The number of hydrogen-bond acceptors (Lipinski definition) is 6. The van der Waals surface area contributed by atoms with Crippen molar-refractivity contribution in [1.82, 2.24) is 4.57 Å². The van der Waals surface area contributed by atoms with Crippen LogP contribution in [0.25, 0.3) is 23.1 Å². The van der Waals surface area contributed by atoms with Crippen LogP contribution in [-0.4, -0.2) is 15.6 Å². The summed E-state index contributed by atoms with van der Waals surface area (Å²) >= 11 is 2.99. The van der Waals surface area contributed by atoms with Crippen molar-refractivity contribution in [2.75, 3.05) is 0 Å². The van der Waals surface area contributed by atoms with E-state index in [0.717, 1.165) is 29.0 Å². The summed E-state index contributed by atoms with van der Waals surface area (Å²) < 4.78 is 8.33. The van der Waals surface area contributed by atoms with E-state index >= 15 is 0 Å². The van der Waals surface area contributed by atoms with Gasteiger partial charge in [0, 0.05) is 22.1 Å². The van der Waals surface area contributed by atoms with Crippen molar-refractivity contribution in [2.45, 2.75) is 18.9 Å². The Hall–Kier alpha value is -4.27. The molecule has 7 rings (SSSR count). The average molecular weight is 537 g/mol. The van der Waals surface area contributed by atoms with E-state index in [1.54, 1.807) is 53.8 Å². The lowest BCUT2D eigenvalue weighted by atomic mass is 9.85. The van der Waals surface area contributed by atoms with Crippen LogP contribution < -0.4 is 14.9 Å². The summed E-state index contributed by atoms with van der Waals surface area (Å²) in [6, 6.07) is 22.5. The molecule has 0 saturated carbocycles. The van der Waals surface area contributed by atoms with Gasteiger partial charge in [-0.1, -0.05) is 59.9 Å². The van der Waals surface area contributed by atoms with E-state index in [1.165, 1.54) is 22.5 Å². The van der Waals surface area contributed by atoms with Crippen LogP contribution in [0.2, 0.25) is 0 Å². The van der Waals surface area contributed by atoms with Crippen LogP contribution in [-0.2, 0) is 6.42 Å². The van der Waals surface area contributed by atoms with Gasteiger partial charge < -0.3 is 9.52 Å². The number of fused-ring (bicyclic) bond motifs is 3. The molecule has 0 spiro atoms. The molecule has 5 aromatic rings. The van der Waals surface area contributed by atoms with E-state index in [-0.39, 0.29) is 17.2 Å². The molecule has 1 unspecified atom stereocenters. The fourth-order valence-electron chi connectivity index (χ4n) is 5.31. The van der Waals surface area contributed by atoms with Crippen molar-refractivity contribution in [2.24, 2.45) is 4.99 Å². The number of aromatic carboxylic acids is 1. The van der Waals surface area contributed by atoms with E-state index < -0.39 is 5.97 Å². The zero-order valence-corrected chi connectivity index (χ0v) is 21.6. The molecule has 0 amide bonds. The van der Waals surface area contributed by atoms with E-state index in [1.807, 2.05) is 22.1 Å². The number of rotatable bonds is 4. The maximum atomic E-state index is 13.8. The third kappa shape index (κ3) is 3.64. The van der Waals surface area contributed by atoms with Crippen LogP contribution in [0.4, 0.5) is 0 Å². The minimum atomic E-state index is -1.02. The van der Waals surface area contributed by atoms with Gasteiger partial charge in [0.05, 0.1) is 21.8 Å². The second-order valence-electron chi connectivity index (χ2n) is 9.18. The van der Waals surface area contributed by atoms with Crippen LogP contribution >= 0.6 is 22.7 Å². The van der Waals surface area contributed by atoms with E-state index in [4.69, 9.17) is 9.41 Å². The van der Waals surface area contributed by atoms with Gasteiger partial charge in [0.15, 0.2) is 4.80 Å². The zero-order chi connectivity index (χ0) is 25.8. The molecule has 1 atom stereocenters. The maximum absolute atomic E-state index is 13.8. The molecule has 4 heterocycles. The number of thiazole rings is 1. The molecule has 1 aliphatic heterocycles. The van der Waals surface area contributed by atoms with E-state index in [9.17, 15) is 14.7 Å². The second-order valence-corrected chi connectivity index (χ2v) is 11.2. The number of furan rings is 1. The predicted octanol–water partition coefficient (Wildman–Crippen LogP) is 5.34. The van der Waals surface area contributed by atoms with Crippen LogP contribution in [0.5, 0.6) is 0 Å². The number of thiophene rings is 1. The molecule has 8 heteroatoms. The number of aryl methyl sites for hydroxylation is 1. The van der Waals surface area contributed by atoms with Gasteiger partial charge in [-0.25, -0.2) is 9.79 Å². The topological polar surface area (TPSA) is 84.8 Å². The molecule has 0 bridgehead atoms. The zero-order valence-electron chi connectivity index (χ0n) is 20.0. The van der Waals surface area contributed by atoms with Crippen molar-refractivity contribution >= 4 is 40.4 Å². The first-order chi connectivity index (χ1) is 18.6. The number of aromatic nitrogens is 1. The van der Waals surface area contributed by atoms with Crippen LogP contribution in [0.1, 0.15) is 44.6 Å². The lowest BCUT2D eigenvalue weighted by Gasteiger charge is -2.30. The SMILES string of the molecule is O=C(O)c1ccccc1-c1ccc(/C=c2\sc3n(c2=O)C(c2cccs2)C2=C(N=3)c3ccccc3CC2)o1. The number of nitrogens with zero attached hydrogens (tertiary/aromatic N) is 2. The molecule has 1 N–H and O–H groups in total. The first-order valence-corrected chi connectivity index (χ1v) is 13.9. The summed E-state index contributed by atoms with van der Waals surface area (Å²) in [4.78, 5) is 32.3. The van der Waals surface area contributed by atoms with Gasteiger partial charge in [0.25, 0.3) is 5.56 Å². The third-order valence-corrected chi connectivity index (χ3v) is 8.92. The lowest BCUT2D eigenvalue weighted by molar-refractivity contribution is 0.0697. The fraction of sp³-hybridized carbons (Fsp3) is 0.100. The number of carbonyl (C=O) groups is 1. The molecule has 2 aromatic carbocycles. The standard InChI is InChI=1S/C30H20N2O4S2/c33-28-25(16-18-12-14-23(36-18)20-8-3-4-9-21(20)29(34)35)38-30-31-26-19-7-2-1-6-17(19)11-13-22(26)27(32(28)30)24-10-5-15-37-24/h1-10,12,14-16,27H,11,13H2,(H,34,35)/b25-16-. The highest BCUT2D eigenvalue weighted by molar-refractivity contribution is 7.10. The number of allylic oxidation sites excluding steroid dienone is 1. The smallest absolute Gasteiger partial charge is 0.336 e. The summed E-state index contributed by atoms with van der Waals surface area (Å²) in [5.74, 6) is -0.108. The van der Waals surface area contributed by atoms with Gasteiger partial charge in [-0.3, -0.25) is 9.36 Å². The summed E-state index contributed by atoms with van der Waals surface area (Å²) in [6.45, 7) is 0. The minimum Gasteiger partial charge on any atom is -0.478 e. The van der Waals surface area contributed by atoms with Gasteiger partial charge in [-0.05, 0) is 53.6 Å². The summed E-state index contributed by atoms with van der Waals surface area (Å²) in [7, 11) is 0. The Labute approximate surface area is 224 Å². The fourth-order valence-corrected chi connectivity index (χ4v) is 7.14. The van der Waals surface area contributed by atoms with Crippen molar-refractivity contribution < 1.29 is 14.3 Å². The summed E-state index contributed by atoms with van der Waals surface area (Å²) in [6.07, 6.45) is 3.50. The van der Waals surface area contributed by atoms with Gasteiger partial charge in [0.2, 0.25) is 0 Å². The molecule has 1 aliphatic carbocycles. The first-order valence-electron chi connectivity index (χ1n) is 12.2. The Morgan fingerprint density at radius 3 is 2.63 bits per heavy atom. The van der Waals surface area contributed by atoms with Crippen molar-refractivity contribution in [3.63, 3.8) is 0 Å². The lowest BCUT2D eigenvalue weighted by Crippen LogP contribution is -2.38. The number of carboxylic acids is 1. The largest absolute Gasteiger partial charge is 0.478 e. The van der Waals surface area contributed by atoms with Gasteiger partial charge in [-0.2, -0.15) is 0 Å².